The predicted molar refractivity (Wildman–Crippen MR) is 78.3 cm³/mol. The fourth-order valence-electron chi connectivity index (χ4n) is 1.94. The predicted octanol–water partition coefficient (Wildman–Crippen LogP) is 3.94. The van der Waals surface area contributed by atoms with Gasteiger partial charge in [-0.25, -0.2) is 5.43 Å². The van der Waals surface area contributed by atoms with Gasteiger partial charge in [0.1, 0.15) is 0 Å². The highest BCUT2D eigenvalue weighted by atomic mass is 16.2. The normalized spacial score (nSPS) is 10.6. The van der Waals surface area contributed by atoms with Crippen LogP contribution in [0.5, 0.6) is 0 Å². The van der Waals surface area contributed by atoms with Crippen LogP contribution in [0.15, 0.2) is 0 Å². The van der Waals surface area contributed by atoms with Crippen LogP contribution in [0.2, 0.25) is 0 Å². The molecular weight excluding hydrogens is 224 g/mol. The molecular formula is C15H32N2O. The monoisotopic (exact) mass is 256 g/mol. The number of carbonyl (C=O) groups is 1. The van der Waals surface area contributed by atoms with Gasteiger partial charge in [-0.15, -0.1) is 0 Å². The Morgan fingerprint density at radius 1 is 0.778 bits per heavy atom. The van der Waals surface area contributed by atoms with E-state index in [1.807, 2.05) is 0 Å². The van der Waals surface area contributed by atoms with E-state index in [1.165, 1.54) is 51.4 Å². The topological polar surface area (TPSA) is 41.1 Å². The van der Waals surface area contributed by atoms with Crippen molar-refractivity contribution >= 4 is 5.91 Å². The van der Waals surface area contributed by atoms with E-state index in [4.69, 9.17) is 0 Å². The molecule has 0 fully saturated rings. The zero-order valence-corrected chi connectivity index (χ0v) is 12.4. The van der Waals surface area contributed by atoms with Gasteiger partial charge in [0.25, 0.3) is 0 Å². The Hall–Kier alpha value is -0.570. The molecule has 0 unspecified atom stereocenters. The molecule has 0 saturated carbocycles. The van der Waals surface area contributed by atoms with E-state index in [2.05, 4.69) is 24.7 Å². The van der Waals surface area contributed by atoms with Crippen LogP contribution in [-0.2, 0) is 4.79 Å². The first-order valence-corrected chi connectivity index (χ1v) is 7.83. The summed E-state index contributed by atoms with van der Waals surface area (Å²) < 4.78 is 0. The van der Waals surface area contributed by atoms with Gasteiger partial charge in [0.05, 0.1) is 0 Å². The molecule has 0 spiro atoms. The summed E-state index contributed by atoms with van der Waals surface area (Å²) in [4.78, 5) is 11.4. The molecule has 1 amide bonds. The van der Waals surface area contributed by atoms with Gasteiger partial charge in [-0.3, -0.25) is 10.2 Å². The molecule has 0 aromatic heterocycles. The van der Waals surface area contributed by atoms with Crippen molar-refractivity contribution in [2.75, 3.05) is 6.54 Å². The van der Waals surface area contributed by atoms with Gasteiger partial charge >= 0.3 is 0 Å². The van der Waals surface area contributed by atoms with Gasteiger partial charge in [0, 0.05) is 13.0 Å². The third-order valence-corrected chi connectivity index (χ3v) is 3.11. The lowest BCUT2D eigenvalue weighted by Gasteiger charge is -2.05. The van der Waals surface area contributed by atoms with Gasteiger partial charge in [-0.1, -0.05) is 65.2 Å². The summed E-state index contributed by atoms with van der Waals surface area (Å²) >= 11 is 0. The van der Waals surface area contributed by atoms with Crippen LogP contribution in [-0.4, -0.2) is 12.5 Å². The van der Waals surface area contributed by atoms with Crippen LogP contribution in [0.4, 0.5) is 0 Å². The molecule has 18 heavy (non-hydrogen) atoms. The Balaban J connectivity index is 3.08. The van der Waals surface area contributed by atoms with Gasteiger partial charge in [0.2, 0.25) is 5.91 Å². The second kappa shape index (κ2) is 14.5. The summed E-state index contributed by atoms with van der Waals surface area (Å²) in [7, 11) is 0. The minimum absolute atomic E-state index is 0.131. The maximum atomic E-state index is 11.4. The number of rotatable bonds is 13. The Bertz CT molecular complexity index is 183. The SMILES string of the molecule is CCCCCCCCCCCC(=O)NNCCC. The minimum Gasteiger partial charge on any atom is -0.292 e. The summed E-state index contributed by atoms with van der Waals surface area (Å²) in [5.74, 6) is 0.131. The van der Waals surface area contributed by atoms with Gasteiger partial charge in [-0.05, 0) is 12.8 Å². The Kier molecular flexibility index (Phi) is 14.0. The second-order valence-electron chi connectivity index (χ2n) is 5.05. The van der Waals surface area contributed by atoms with E-state index in [1.54, 1.807) is 0 Å². The third-order valence-electron chi connectivity index (χ3n) is 3.11. The molecule has 108 valence electrons. The third kappa shape index (κ3) is 13.5. The quantitative estimate of drug-likeness (QED) is 0.387. The van der Waals surface area contributed by atoms with Gasteiger partial charge in [0.15, 0.2) is 0 Å². The van der Waals surface area contributed by atoms with E-state index in [0.29, 0.717) is 6.42 Å². The van der Waals surface area contributed by atoms with Crippen molar-refractivity contribution in [2.45, 2.75) is 84.5 Å². The van der Waals surface area contributed by atoms with E-state index in [9.17, 15) is 4.79 Å². The van der Waals surface area contributed by atoms with Crippen LogP contribution in [0.1, 0.15) is 84.5 Å². The first kappa shape index (κ1) is 17.4. The number of hydrogen-bond donors (Lipinski definition) is 2. The number of nitrogens with one attached hydrogen (secondary N) is 2. The molecule has 0 aromatic rings. The summed E-state index contributed by atoms with van der Waals surface area (Å²) in [6.07, 6.45) is 13.4. The molecule has 0 bridgehead atoms. The Labute approximate surface area is 113 Å². The number of hydrazine groups is 1. The van der Waals surface area contributed by atoms with Crippen LogP contribution in [0.25, 0.3) is 0 Å². The minimum atomic E-state index is 0.131. The smallest absolute Gasteiger partial charge is 0.234 e. The molecule has 3 heteroatoms. The highest BCUT2D eigenvalue weighted by Gasteiger charge is 1.99. The lowest BCUT2D eigenvalue weighted by Crippen LogP contribution is -2.37. The Morgan fingerprint density at radius 3 is 1.89 bits per heavy atom. The largest absolute Gasteiger partial charge is 0.292 e. The molecule has 0 rings (SSSR count). The van der Waals surface area contributed by atoms with Crippen LogP contribution in [0.3, 0.4) is 0 Å². The average molecular weight is 256 g/mol. The fourth-order valence-corrected chi connectivity index (χ4v) is 1.94. The lowest BCUT2D eigenvalue weighted by molar-refractivity contribution is -0.122. The number of hydrogen-bond acceptors (Lipinski definition) is 2. The lowest BCUT2D eigenvalue weighted by atomic mass is 10.1. The van der Waals surface area contributed by atoms with Crippen LogP contribution in [0, 0.1) is 0 Å². The molecule has 0 saturated heterocycles. The molecule has 0 aliphatic heterocycles. The van der Waals surface area contributed by atoms with E-state index in [0.717, 1.165) is 19.4 Å². The molecule has 0 aliphatic carbocycles. The maximum absolute atomic E-state index is 11.4. The number of unbranched alkanes of at least 4 members (excludes halogenated alkanes) is 8. The number of carbonyl (C=O) groups excluding carboxylic acids is 1. The van der Waals surface area contributed by atoms with Crippen LogP contribution < -0.4 is 10.9 Å². The van der Waals surface area contributed by atoms with Crippen molar-refractivity contribution in [1.29, 1.82) is 0 Å². The summed E-state index contributed by atoms with van der Waals surface area (Å²) in [6, 6.07) is 0. The Morgan fingerprint density at radius 2 is 1.33 bits per heavy atom. The summed E-state index contributed by atoms with van der Waals surface area (Å²) in [6.45, 7) is 5.18. The maximum Gasteiger partial charge on any atom is 0.234 e. The van der Waals surface area contributed by atoms with Gasteiger partial charge < -0.3 is 0 Å². The first-order chi connectivity index (χ1) is 8.81. The molecule has 2 N–H and O–H groups in total. The van der Waals surface area contributed by atoms with Crippen LogP contribution >= 0.6 is 0 Å². The standard InChI is InChI=1S/C15H32N2O/c1-3-5-6-7-8-9-10-11-12-13-15(18)17-16-14-4-2/h16H,3-14H2,1-2H3,(H,17,18). The number of amides is 1. The molecule has 3 nitrogen and oxygen atoms in total. The van der Waals surface area contributed by atoms with Crippen molar-refractivity contribution in [3.63, 3.8) is 0 Å². The van der Waals surface area contributed by atoms with E-state index in [-0.39, 0.29) is 5.91 Å². The average Bonchev–Trinajstić information content (AvgIpc) is 2.37. The highest BCUT2D eigenvalue weighted by Crippen LogP contribution is 2.10. The highest BCUT2D eigenvalue weighted by molar-refractivity contribution is 5.75. The van der Waals surface area contributed by atoms with Crippen molar-refractivity contribution in [3.05, 3.63) is 0 Å². The fraction of sp³-hybridized carbons (Fsp3) is 0.933. The van der Waals surface area contributed by atoms with Crippen molar-refractivity contribution in [3.8, 4) is 0 Å². The molecule has 0 atom stereocenters. The van der Waals surface area contributed by atoms with Crippen molar-refractivity contribution < 1.29 is 4.79 Å². The first-order valence-electron chi connectivity index (χ1n) is 7.83. The second-order valence-corrected chi connectivity index (χ2v) is 5.05. The summed E-state index contributed by atoms with van der Waals surface area (Å²) in [5, 5.41) is 0. The van der Waals surface area contributed by atoms with E-state index < -0.39 is 0 Å². The van der Waals surface area contributed by atoms with Gasteiger partial charge in [-0.2, -0.15) is 0 Å². The van der Waals surface area contributed by atoms with Crippen molar-refractivity contribution in [1.82, 2.24) is 10.9 Å². The molecule has 0 aromatic carbocycles. The molecule has 0 radical (unpaired) electrons. The molecule has 0 aliphatic rings. The summed E-state index contributed by atoms with van der Waals surface area (Å²) in [5.41, 5.74) is 5.64. The van der Waals surface area contributed by atoms with Crippen molar-refractivity contribution in [2.24, 2.45) is 0 Å². The molecule has 0 heterocycles. The van der Waals surface area contributed by atoms with E-state index >= 15 is 0 Å². The zero-order chi connectivity index (χ0) is 13.5. The zero-order valence-electron chi connectivity index (χ0n) is 12.4.